The molecule has 0 atom stereocenters. The molecule has 3 aromatic carbocycles. The van der Waals surface area contributed by atoms with Crippen LogP contribution in [0.25, 0.3) is 0 Å². The number of anilines is 1. The minimum Gasteiger partial charge on any atom is -0.410 e. The van der Waals surface area contributed by atoms with E-state index in [1.165, 1.54) is 17.2 Å². The maximum atomic E-state index is 13.5. The van der Waals surface area contributed by atoms with Gasteiger partial charge in [-0.15, -0.1) is 0 Å². The Bertz CT molecular complexity index is 1320. The molecule has 0 aromatic heterocycles. The van der Waals surface area contributed by atoms with Gasteiger partial charge >= 0.3 is 12.1 Å². The maximum absolute atomic E-state index is 13.5. The van der Waals surface area contributed by atoms with Crippen molar-refractivity contribution in [3.8, 4) is 5.75 Å². The Morgan fingerprint density at radius 3 is 2.00 bits per heavy atom. The lowest BCUT2D eigenvalue weighted by Crippen LogP contribution is -2.40. The van der Waals surface area contributed by atoms with Gasteiger partial charge in [0.1, 0.15) is 5.75 Å². The van der Waals surface area contributed by atoms with Crippen LogP contribution in [0.4, 0.5) is 15.3 Å². The van der Waals surface area contributed by atoms with Crippen LogP contribution in [0.5, 0.6) is 5.75 Å². The molecule has 9 nitrogen and oxygen atoms in total. The third-order valence-corrected chi connectivity index (χ3v) is 8.11. The summed E-state index contributed by atoms with van der Waals surface area (Å²) in [5.74, 6) is 0.215. The molecule has 4 N–H and O–H groups in total. The summed E-state index contributed by atoms with van der Waals surface area (Å²) in [7, 11) is 0. The lowest BCUT2D eigenvalue weighted by atomic mass is 9.91. The summed E-state index contributed by atoms with van der Waals surface area (Å²) in [5, 5.41) is 11.4. The zero-order valence-corrected chi connectivity index (χ0v) is 26.5. The highest BCUT2D eigenvalue weighted by Crippen LogP contribution is 2.32. The Morgan fingerprint density at radius 2 is 1.40 bits per heavy atom. The third kappa shape index (κ3) is 10.4. The molecule has 0 spiro atoms. The molecular formula is C36H47N5O4. The molecule has 45 heavy (non-hydrogen) atoms. The van der Waals surface area contributed by atoms with Gasteiger partial charge in [-0.3, -0.25) is 9.69 Å². The van der Waals surface area contributed by atoms with E-state index < -0.39 is 6.09 Å². The van der Waals surface area contributed by atoms with Gasteiger partial charge in [-0.1, -0.05) is 87.4 Å². The van der Waals surface area contributed by atoms with Gasteiger partial charge in [0.15, 0.2) is 0 Å². The minimum absolute atomic E-state index is 0.182. The number of benzene rings is 3. The van der Waals surface area contributed by atoms with Crippen molar-refractivity contribution < 1.29 is 19.1 Å². The van der Waals surface area contributed by atoms with Crippen molar-refractivity contribution in [1.82, 2.24) is 20.9 Å². The summed E-state index contributed by atoms with van der Waals surface area (Å²) in [5.41, 5.74) is 3.14. The van der Waals surface area contributed by atoms with Crippen LogP contribution in [0, 0.1) is 5.92 Å². The average Bonchev–Trinajstić information content (AvgIpc) is 3.06. The van der Waals surface area contributed by atoms with Gasteiger partial charge in [0.25, 0.3) is 5.91 Å². The SMILES string of the molecule is CCCCNC(=O)Nc1ccc(OC(=O)NCCCC)cc1C(=O)NCC1CCN(C(c2ccccc2)c2ccccc2)CC1. The van der Waals surface area contributed by atoms with Crippen molar-refractivity contribution in [2.24, 2.45) is 5.92 Å². The first kappa shape index (κ1) is 33.5. The summed E-state index contributed by atoms with van der Waals surface area (Å²) in [4.78, 5) is 40.8. The van der Waals surface area contributed by atoms with Gasteiger partial charge in [-0.25, -0.2) is 9.59 Å². The van der Waals surface area contributed by atoms with Gasteiger partial charge in [-0.2, -0.15) is 0 Å². The summed E-state index contributed by atoms with van der Waals surface area (Å²) in [6.45, 7) is 7.48. The molecule has 9 heteroatoms. The Kier molecular flexibility index (Phi) is 13.3. The number of nitrogens with one attached hydrogen (secondary N) is 4. The third-order valence-electron chi connectivity index (χ3n) is 8.11. The minimum atomic E-state index is -0.580. The van der Waals surface area contributed by atoms with Gasteiger partial charge in [-0.05, 0) is 74.0 Å². The normalized spacial score (nSPS) is 13.7. The van der Waals surface area contributed by atoms with Crippen LogP contribution in [0.1, 0.15) is 79.9 Å². The van der Waals surface area contributed by atoms with Crippen LogP contribution >= 0.6 is 0 Å². The van der Waals surface area contributed by atoms with E-state index in [2.05, 4.69) is 74.7 Å². The van der Waals surface area contributed by atoms with Crippen LogP contribution in [0.2, 0.25) is 0 Å². The Morgan fingerprint density at radius 1 is 0.800 bits per heavy atom. The molecule has 1 aliphatic heterocycles. The molecule has 1 saturated heterocycles. The standard InChI is InChI=1S/C36H47N5O4/c1-3-5-21-37-35(43)40-32-18-17-30(45-36(44)38-22-6-4-2)25-31(32)34(42)39-26-27-19-23-41(24-20-27)33(28-13-9-7-10-14-28)29-15-11-8-12-16-29/h7-18,25,27,33H,3-6,19-24,26H2,1-2H3,(H,38,44)(H,39,42)(H2,37,40,43). The van der Waals surface area contributed by atoms with E-state index in [9.17, 15) is 14.4 Å². The number of hydrogen-bond donors (Lipinski definition) is 4. The number of hydrogen-bond acceptors (Lipinski definition) is 5. The van der Waals surface area contributed by atoms with E-state index in [0.29, 0.717) is 31.2 Å². The molecule has 0 saturated carbocycles. The van der Waals surface area contributed by atoms with Gasteiger partial charge in [0.2, 0.25) is 0 Å². The predicted octanol–water partition coefficient (Wildman–Crippen LogP) is 6.73. The zero-order valence-electron chi connectivity index (χ0n) is 26.5. The van der Waals surface area contributed by atoms with Gasteiger partial charge in [0, 0.05) is 19.6 Å². The molecule has 1 heterocycles. The fourth-order valence-corrected chi connectivity index (χ4v) is 5.57. The predicted molar refractivity (Wildman–Crippen MR) is 179 cm³/mol. The zero-order chi connectivity index (χ0) is 31.9. The van der Waals surface area contributed by atoms with Crippen LogP contribution in [-0.4, -0.2) is 55.7 Å². The summed E-state index contributed by atoms with van der Waals surface area (Å²) < 4.78 is 5.43. The number of likely N-dealkylation sites (tertiary alicyclic amines) is 1. The maximum Gasteiger partial charge on any atom is 0.412 e. The lowest BCUT2D eigenvalue weighted by Gasteiger charge is -2.38. The lowest BCUT2D eigenvalue weighted by molar-refractivity contribution is 0.0930. The second-order valence-corrected chi connectivity index (χ2v) is 11.5. The molecule has 0 unspecified atom stereocenters. The number of nitrogens with zero attached hydrogens (tertiary/aromatic N) is 1. The fraction of sp³-hybridized carbons (Fsp3) is 0.417. The summed E-state index contributed by atoms with van der Waals surface area (Å²) in [6, 6.07) is 25.7. The van der Waals surface area contributed by atoms with E-state index in [-0.39, 0.29) is 29.3 Å². The molecule has 4 amide bonds. The summed E-state index contributed by atoms with van der Waals surface area (Å²) in [6.07, 6.45) is 4.92. The average molecular weight is 614 g/mol. The number of unbranched alkanes of at least 4 members (excludes halogenated alkanes) is 2. The van der Waals surface area contributed by atoms with Crippen molar-refractivity contribution in [2.45, 2.75) is 58.4 Å². The first-order valence-corrected chi connectivity index (χ1v) is 16.2. The second kappa shape index (κ2) is 17.8. The smallest absolute Gasteiger partial charge is 0.410 e. The number of carbonyl (C=O) groups excluding carboxylic acids is 3. The first-order chi connectivity index (χ1) is 22.0. The van der Waals surface area contributed by atoms with Crippen molar-refractivity contribution >= 4 is 23.7 Å². The van der Waals surface area contributed by atoms with E-state index in [1.54, 1.807) is 12.1 Å². The van der Waals surface area contributed by atoms with Crippen molar-refractivity contribution in [1.29, 1.82) is 0 Å². The first-order valence-electron chi connectivity index (χ1n) is 16.2. The number of rotatable bonds is 14. The molecule has 3 aromatic rings. The number of ether oxygens (including phenoxy) is 1. The van der Waals surface area contributed by atoms with E-state index in [1.807, 2.05) is 26.0 Å². The quantitative estimate of drug-likeness (QED) is 0.151. The van der Waals surface area contributed by atoms with Gasteiger partial charge in [0.05, 0.1) is 17.3 Å². The monoisotopic (exact) mass is 613 g/mol. The molecule has 1 fully saturated rings. The number of amides is 4. The number of urea groups is 1. The highest BCUT2D eigenvalue weighted by Gasteiger charge is 2.28. The van der Waals surface area contributed by atoms with Crippen molar-refractivity contribution in [3.63, 3.8) is 0 Å². The van der Waals surface area contributed by atoms with Crippen LogP contribution in [0.3, 0.4) is 0 Å². The fourth-order valence-electron chi connectivity index (χ4n) is 5.57. The Balaban J connectivity index is 1.39. The highest BCUT2D eigenvalue weighted by molar-refractivity contribution is 6.04. The molecular weight excluding hydrogens is 566 g/mol. The largest absolute Gasteiger partial charge is 0.412 e. The van der Waals surface area contributed by atoms with Crippen LogP contribution in [0.15, 0.2) is 78.9 Å². The molecule has 1 aliphatic rings. The summed E-state index contributed by atoms with van der Waals surface area (Å²) >= 11 is 0. The van der Waals surface area contributed by atoms with Crippen LogP contribution < -0.4 is 26.0 Å². The van der Waals surface area contributed by atoms with E-state index in [4.69, 9.17) is 4.74 Å². The van der Waals surface area contributed by atoms with Crippen LogP contribution in [-0.2, 0) is 0 Å². The van der Waals surface area contributed by atoms with Crippen molar-refractivity contribution in [3.05, 3.63) is 95.6 Å². The molecule has 0 aliphatic carbocycles. The van der Waals surface area contributed by atoms with E-state index in [0.717, 1.165) is 51.6 Å². The Labute approximate surface area is 267 Å². The molecule has 0 bridgehead atoms. The molecule has 0 radical (unpaired) electrons. The Hall–Kier alpha value is -4.37. The number of piperidine rings is 1. The van der Waals surface area contributed by atoms with Gasteiger partial charge < -0.3 is 26.0 Å². The number of carbonyl (C=O) groups is 3. The second-order valence-electron chi connectivity index (χ2n) is 11.5. The van der Waals surface area contributed by atoms with Crippen molar-refractivity contribution in [2.75, 3.05) is 38.0 Å². The highest BCUT2D eigenvalue weighted by atomic mass is 16.6. The topological polar surface area (TPSA) is 112 Å². The van der Waals surface area contributed by atoms with E-state index >= 15 is 0 Å². The molecule has 4 rings (SSSR count). The molecule has 240 valence electrons.